The number of nitrogens with zero attached hydrogens (tertiary/aromatic N) is 2. The van der Waals surface area contributed by atoms with Crippen molar-refractivity contribution in [3.8, 4) is 0 Å². The van der Waals surface area contributed by atoms with Gasteiger partial charge in [0, 0.05) is 19.1 Å². The third kappa shape index (κ3) is 3.45. The highest BCUT2D eigenvalue weighted by Gasteiger charge is 2.37. The van der Waals surface area contributed by atoms with Crippen LogP contribution in [0.15, 0.2) is 0 Å². The molecule has 1 unspecified atom stereocenters. The third-order valence-corrected chi connectivity index (χ3v) is 4.96. The molecule has 104 valence electrons. The van der Waals surface area contributed by atoms with E-state index in [9.17, 15) is 13.2 Å². The number of carbonyl (C=O) groups excluding carboxylic acids is 1. The molecule has 0 bridgehead atoms. The highest BCUT2D eigenvalue weighted by molar-refractivity contribution is 7.88. The van der Waals surface area contributed by atoms with Gasteiger partial charge in [-0.15, -0.1) is 0 Å². The minimum Gasteiger partial charge on any atom is -0.341 e. The molecule has 18 heavy (non-hydrogen) atoms. The van der Waals surface area contributed by atoms with E-state index in [1.165, 1.54) is 10.6 Å². The maximum atomic E-state index is 12.2. The molecule has 1 saturated heterocycles. The smallest absolute Gasteiger partial charge is 0.237 e. The van der Waals surface area contributed by atoms with Gasteiger partial charge >= 0.3 is 0 Å². The molecule has 1 aliphatic heterocycles. The van der Waals surface area contributed by atoms with Crippen molar-refractivity contribution in [3.63, 3.8) is 0 Å². The Morgan fingerprint density at radius 1 is 1.33 bits per heavy atom. The van der Waals surface area contributed by atoms with E-state index in [1.54, 1.807) is 0 Å². The van der Waals surface area contributed by atoms with Gasteiger partial charge in [-0.2, -0.15) is 4.31 Å². The summed E-state index contributed by atoms with van der Waals surface area (Å²) in [6.07, 6.45) is 5.14. The summed E-state index contributed by atoms with van der Waals surface area (Å²) in [6, 6.07) is 0.0613. The Labute approximate surface area is 109 Å². The Balaban J connectivity index is 1.96. The zero-order valence-electron chi connectivity index (χ0n) is 11.1. The number of hydrogen-bond acceptors (Lipinski definition) is 3. The lowest BCUT2D eigenvalue weighted by Gasteiger charge is -2.32. The Bertz CT molecular complexity index is 417. The quantitative estimate of drug-likeness (QED) is 0.757. The normalized spacial score (nSPS) is 25.5. The van der Waals surface area contributed by atoms with E-state index in [1.807, 2.05) is 4.90 Å². The van der Waals surface area contributed by atoms with Gasteiger partial charge in [-0.05, 0) is 31.6 Å². The van der Waals surface area contributed by atoms with E-state index in [0.29, 0.717) is 5.92 Å². The van der Waals surface area contributed by atoms with E-state index in [0.717, 1.165) is 38.8 Å². The van der Waals surface area contributed by atoms with Gasteiger partial charge in [0.15, 0.2) is 0 Å². The number of amides is 1. The van der Waals surface area contributed by atoms with Crippen LogP contribution in [0.3, 0.4) is 0 Å². The summed E-state index contributed by atoms with van der Waals surface area (Å²) in [5, 5.41) is 0. The monoisotopic (exact) mass is 274 g/mol. The summed E-state index contributed by atoms with van der Waals surface area (Å²) < 4.78 is 24.7. The molecule has 1 heterocycles. The standard InChI is InChI=1S/C12H22N2O3S/c1-10-4-3-7-13(8-10)12(15)9-14(11-5-6-11)18(2,16)17/h10-11H,3-9H2,1-2H3. The van der Waals surface area contributed by atoms with Crippen LogP contribution in [0.25, 0.3) is 0 Å². The van der Waals surface area contributed by atoms with E-state index < -0.39 is 10.0 Å². The molecular formula is C12H22N2O3S. The van der Waals surface area contributed by atoms with Gasteiger partial charge in [-0.25, -0.2) is 8.42 Å². The van der Waals surface area contributed by atoms with Crippen molar-refractivity contribution in [1.82, 2.24) is 9.21 Å². The molecule has 0 aromatic heterocycles. The highest BCUT2D eigenvalue weighted by atomic mass is 32.2. The van der Waals surface area contributed by atoms with Crippen molar-refractivity contribution in [2.75, 3.05) is 25.9 Å². The first-order valence-electron chi connectivity index (χ1n) is 6.62. The second kappa shape index (κ2) is 5.17. The maximum Gasteiger partial charge on any atom is 0.237 e. The summed E-state index contributed by atoms with van der Waals surface area (Å²) in [7, 11) is -3.26. The number of carbonyl (C=O) groups is 1. The first-order valence-corrected chi connectivity index (χ1v) is 8.47. The van der Waals surface area contributed by atoms with Crippen LogP contribution in [0.2, 0.25) is 0 Å². The number of sulfonamides is 1. The van der Waals surface area contributed by atoms with Crippen LogP contribution in [-0.4, -0.2) is 55.5 Å². The first kappa shape index (κ1) is 13.8. The van der Waals surface area contributed by atoms with E-state index in [-0.39, 0.29) is 18.5 Å². The Morgan fingerprint density at radius 2 is 2.00 bits per heavy atom. The van der Waals surface area contributed by atoms with E-state index in [4.69, 9.17) is 0 Å². The van der Waals surface area contributed by atoms with Crippen LogP contribution in [0, 0.1) is 5.92 Å². The largest absolute Gasteiger partial charge is 0.341 e. The summed E-state index contributed by atoms with van der Waals surface area (Å²) in [5.41, 5.74) is 0. The fourth-order valence-electron chi connectivity index (χ4n) is 2.53. The lowest BCUT2D eigenvalue weighted by atomic mass is 10.0. The average molecular weight is 274 g/mol. The van der Waals surface area contributed by atoms with Gasteiger partial charge in [0.2, 0.25) is 15.9 Å². The van der Waals surface area contributed by atoms with Crippen LogP contribution < -0.4 is 0 Å². The Hall–Kier alpha value is -0.620. The van der Waals surface area contributed by atoms with Gasteiger partial charge in [0.05, 0.1) is 12.8 Å². The summed E-state index contributed by atoms with van der Waals surface area (Å²) >= 11 is 0. The van der Waals surface area contributed by atoms with Crippen LogP contribution >= 0.6 is 0 Å². The summed E-state index contributed by atoms with van der Waals surface area (Å²) in [4.78, 5) is 14.0. The minimum atomic E-state index is -3.26. The Morgan fingerprint density at radius 3 is 2.50 bits per heavy atom. The van der Waals surface area contributed by atoms with Crippen molar-refractivity contribution < 1.29 is 13.2 Å². The van der Waals surface area contributed by atoms with Gasteiger partial charge in [-0.3, -0.25) is 4.79 Å². The average Bonchev–Trinajstić information content (AvgIpc) is 3.07. The number of hydrogen-bond donors (Lipinski definition) is 0. The predicted molar refractivity (Wildman–Crippen MR) is 69.5 cm³/mol. The van der Waals surface area contributed by atoms with Crippen molar-refractivity contribution in [2.45, 2.75) is 38.6 Å². The van der Waals surface area contributed by atoms with Gasteiger partial charge in [-0.1, -0.05) is 6.92 Å². The van der Waals surface area contributed by atoms with Gasteiger partial charge in [0.1, 0.15) is 0 Å². The second-order valence-electron chi connectivity index (χ2n) is 5.63. The molecule has 0 N–H and O–H groups in total. The molecule has 2 aliphatic rings. The molecule has 1 saturated carbocycles. The van der Waals surface area contributed by atoms with Crippen LogP contribution in [0.1, 0.15) is 32.6 Å². The lowest BCUT2D eigenvalue weighted by molar-refractivity contribution is -0.133. The fourth-order valence-corrected chi connectivity index (χ4v) is 3.63. The molecule has 1 amide bonds. The zero-order valence-corrected chi connectivity index (χ0v) is 11.9. The van der Waals surface area contributed by atoms with Crippen molar-refractivity contribution in [1.29, 1.82) is 0 Å². The first-order chi connectivity index (χ1) is 8.38. The number of piperidine rings is 1. The molecule has 0 aromatic carbocycles. The molecule has 6 heteroatoms. The van der Waals surface area contributed by atoms with Crippen LogP contribution in [0.4, 0.5) is 0 Å². The summed E-state index contributed by atoms with van der Waals surface area (Å²) in [5.74, 6) is 0.481. The topological polar surface area (TPSA) is 57.7 Å². The SMILES string of the molecule is CC1CCCN(C(=O)CN(C2CC2)S(C)(=O)=O)C1. The van der Waals surface area contributed by atoms with Gasteiger partial charge in [0.25, 0.3) is 0 Å². The molecule has 2 fully saturated rings. The third-order valence-electron chi connectivity index (χ3n) is 3.68. The number of rotatable bonds is 4. The van der Waals surface area contributed by atoms with Gasteiger partial charge < -0.3 is 4.90 Å². The lowest BCUT2D eigenvalue weighted by Crippen LogP contribution is -2.46. The van der Waals surface area contributed by atoms with E-state index in [2.05, 4.69) is 6.92 Å². The molecule has 2 rings (SSSR count). The van der Waals surface area contributed by atoms with Crippen molar-refractivity contribution in [2.24, 2.45) is 5.92 Å². The predicted octanol–water partition coefficient (Wildman–Crippen LogP) is 0.669. The molecule has 0 radical (unpaired) electrons. The van der Waals surface area contributed by atoms with Crippen molar-refractivity contribution in [3.05, 3.63) is 0 Å². The van der Waals surface area contributed by atoms with Crippen molar-refractivity contribution >= 4 is 15.9 Å². The molecule has 1 atom stereocenters. The second-order valence-corrected chi connectivity index (χ2v) is 7.56. The number of likely N-dealkylation sites (tertiary alicyclic amines) is 1. The van der Waals surface area contributed by atoms with Crippen LogP contribution in [0.5, 0.6) is 0 Å². The van der Waals surface area contributed by atoms with Crippen LogP contribution in [-0.2, 0) is 14.8 Å². The Kier molecular flexibility index (Phi) is 3.96. The fraction of sp³-hybridized carbons (Fsp3) is 0.917. The minimum absolute atomic E-state index is 0.0240. The molecular weight excluding hydrogens is 252 g/mol. The highest BCUT2D eigenvalue weighted by Crippen LogP contribution is 2.29. The zero-order chi connectivity index (χ0) is 13.3. The molecule has 0 aromatic rings. The molecule has 1 aliphatic carbocycles. The molecule has 0 spiro atoms. The summed E-state index contributed by atoms with van der Waals surface area (Å²) in [6.45, 7) is 3.69. The van der Waals surface area contributed by atoms with E-state index >= 15 is 0 Å². The molecule has 5 nitrogen and oxygen atoms in total. The maximum absolute atomic E-state index is 12.2.